The summed E-state index contributed by atoms with van der Waals surface area (Å²) in [6.07, 6.45) is 3.16. The van der Waals surface area contributed by atoms with Gasteiger partial charge in [0.25, 0.3) is 0 Å². The van der Waals surface area contributed by atoms with Crippen molar-refractivity contribution in [2.75, 3.05) is 5.73 Å². The zero-order chi connectivity index (χ0) is 9.68. The molecule has 0 saturated heterocycles. The summed E-state index contributed by atoms with van der Waals surface area (Å²) in [6, 6.07) is 3.57. The molecule has 2 N–H and O–H groups in total. The van der Waals surface area contributed by atoms with E-state index in [0.29, 0.717) is 11.5 Å². The maximum atomic E-state index is 5.45. The average molecular weight is 176 g/mol. The molecular weight excluding hydrogens is 164 g/mol. The first kappa shape index (κ1) is 9.38. The Morgan fingerprint density at radius 2 is 2.00 bits per heavy atom. The monoisotopic (exact) mass is 176 g/mol. The van der Waals surface area contributed by atoms with Crippen molar-refractivity contribution in [1.29, 1.82) is 0 Å². The lowest BCUT2D eigenvalue weighted by Crippen LogP contribution is -1.91. The van der Waals surface area contributed by atoms with E-state index in [9.17, 15) is 0 Å². The van der Waals surface area contributed by atoms with Gasteiger partial charge in [0.15, 0.2) is 5.65 Å². The molecule has 0 aliphatic heterocycles. The molecule has 4 nitrogen and oxygen atoms in total. The fourth-order valence-electron chi connectivity index (χ4n) is 0.880. The Bertz CT molecular complexity index is 386. The first-order valence-electron chi connectivity index (χ1n) is 4.18. The molecule has 0 aliphatic rings. The third-order valence-corrected chi connectivity index (χ3v) is 1.39. The number of aromatic nitrogens is 3. The molecule has 0 spiro atoms. The molecule has 2 heterocycles. The highest BCUT2D eigenvalue weighted by atomic mass is 14.9. The van der Waals surface area contributed by atoms with Crippen molar-refractivity contribution in [2.24, 2.45) is 0 Å². The quantitative estimate of drug-likeness (QED) is 0.662. The van der Waals surface area contributed by atoms with Crippen LogP contribution in [-0.2, 0) is 0 Å². The van der Waals surface area contributed by atoms with Crippen molar-refractivity contribution < 1.29 is 0 Å². The molecule has 0 saturated carbocycles. The fourth-order valence-corrected chi connectivity index (χ4v) is 0.880. The van der Waals surface area contributed by atoms with Crippen LogP contribution in [0.25, 0.3) is 11.0 Å². The van der Waals surface area contributed by atoms with Crippen molar-refractivity contribution in [1.82, 2.24) is 15.0 Å². The Morgan fingerprint density at radius 1 is 1.23 bits per heavy atom. The summed E-state index contributed by atoms with van der Waals surface area (Å²) in [6.45, 7) is 4.00. The molecule has 2 rings (SSSR count). The van der Waals surface area contributed by atoms with Crippen molar-refractivity contribution in [2.45, 2.75) is 13.8 Å². The third-order valence-electron chi connectivity index (χ3n) is 1.39. The van der Waals surface area contributed by atoms with Gasteiger partial charge in [-0.15, -0.1) is 0 Å². The van der Waals surface area contributed by atoms with Gasteiger partial charge in [0.1, 0.15) is 12.1 Å². The molecule has 0 bridgehead atoms. The zero-order valence-corrected chi connectivity index (χ0v) is 7.73. The van der Waals surface area contributed by atoms with Gasteiger partial charge >= 0.3 is 0 Å². The van der Waals surface area contributed by atoms with E-state index in [0.717, 1.165) is 5.39 Å². The Labute approximate surface area is 76.8 Å². The van der Waals surface area contributed by atoms with Crippen molar-refractivity contribution >= 4 is 16.9 Å². The molecule has 2 aromatic rings. The summed E-state index contributed by atoms with van der Waals surface area (Å²) >= 11 is 0. The van der Waals surface area contributed by atoms with Crippen LogP contribution in [0.4, 0.5) is 5.82 Å². The number of hydrogen-bond acceptors (Lipinski definition) is 4. The highest BCUT2D eigenvalue weighted by Crippen LogP contribution is 2.07. The smallest absolute Gasteiger partial charge is 0.164 e. The second-order valence-corrected chi connectivity index (χ2v) is 2.17. The Hall–Kier alpha value is -1.71. The van der Waals surface area contributed by atoms with Gasteiger partial charge in [0.2, 0.25) is 0 Å². The van der Waals surface area contributed by atoms with Crippen LogP contribution in [0.2, 0.25) is 0 Å². The van der Waals surface area contributed by atoms with Gasteiger partial charge in [0, 0.05) is 11.6 Å². The number of fused-ring (bicyclic) bond motifs is 1. The number of nitrogens with two attached hydrogens (primary N) is 1. The van der Waals surface area contributed by atoms with Gasteiger partial charge in [-0.1, -0.05) is 13.8 Å². The molecule has 4 heteroatoms. The SMILES string of the molecule is CC.Nc1ccc2cncnc2n1. The van der Waals surface area contributed by atoms with Crippen LogP contribution in [0, 0.1) is 0 Å². The number of hydrogen-bond donors (Lipinski definition) is 1. The number of nitrogen functional groups attached to an aromatic ring is 1. The van der Waals surface area contributed by atoms with Gasteiger partial charge in [-0.05, 0) is 12.1 Å². The fraction of sp³-hybridized carbons (Fsp3) is 0.222. The van der Waals surface area contributed by atoms with Gasteiger partial charge in [-0.2, -0.15) is 0 Å². The molecule has 0 aromatic carbocycles. The predicted molar refractivity (Wildman–Crippen MR) is 53.1 cm³/mol. The van der Waals surface area contributed by atoms with Gasteiger partial charge in [-0.3, -0.25) is 0 Å². The molecule has 0 amide bonds. The number of pyridine rings is 1. The first-order chi connectivity index (χ1) is 6.36. The predicted octanol–water partition coefficient (Wildman–Crippen LogP) is 1.63. The lowest BCUT2D eigenvalue weighted by molar-refractivity contribution is 1.18. The number of rotatable bonds is 0. The lowest BCUT2D eigenvalue weighted by Gasteiger charge is -1.94. The van der Waals surface area contributed by atoms with Crippen LogP contribution in [0.3, 0.4) is 0 Å². The molecule has 0 atom stereocenters. The van der Waals surface area contributed by atoms with E-state index in [-0.39, 0.29) is 0 Å². The molecule has 0 fully saturated rings. The van der Waals surface area contributed by atoms with Crippen molar-refractivity contribution in [3.8, 4) is 0 Å². The third kappa shape index (κ3) is 2.11. The van der Waals surface area contributed by atoms with E-state index in [1.165, 1.54) is 6.33 Å². The van der Waals surface area contributed by atoms with E-state index in [4.69, 9.17) is 5.73 Å². The summed E-state index contributed by atoms with van der Waals surface area (Å²) in [7, 11) is 0. The highest BCUT2D eigenvalue weighted by Gasteiger charge is 1.93. The molecule has 0 radical (unpaired) electrons. The van der Waals surface area contributed by atoms with Crippen LogP contribution in [-0.4, -0.2) is 15.0 Å². The lowest BCUT2D eigenvalue weighted by atomic mass is 10.3. The average Bonchev–Trinajstić information content (AvgIpc) is 2.21. The van der Waals surface area contributed by atoms with E-state index in [1.807, 2.05) is 19.9 Å². The molecule has 13 heavy (non-hydrogen) atoms. The molecule has 0 unspecified atom stereocenters. The summed E-state index contributed by atoms with van der Waals surface area (Å²) in [5.74, 6) is 0.483. The Morgan fingerprint density at radius 3 is 2.77 bits per heavy atom. The maximum absolute atomic E-state index is 5.45. The Balaban J connectivity index is 0.000000396. The van der Waals surface area contributed by atoms with E-state index < -0.39 is 0 Å². The minimum Gasteiger partial charge on any atom is -0.384 e. The van der Waals surface area contributed by atoms with Crippen molar-refractivity contribution in [3.63, 3.8) is 0 Å². The van der Waals surface area contributed by atoms with Gasteiger partial charge in [-0.25, -0.2) is 15.0 Å². The topological polar surface area (TPSA) is 64.7 Å². The van der Waals surface area contributed by atoms with Crippen molar-refractivity contribution in [3.05, 3.63) is 24.7 Å². The minimum atomic E-state index is 0.483. The van der Waals surface area contributed by atoms with Crippen LogP contribution >= 0.6 is 0 Å². The zero-order valence-electron chi connectivity index (χ0n) is 7.73. The van der Waals surface area contributed by atoms with Gasteiger partial charge in [0.05, 0.1) is 0 Å². The second-order valence-electron chi connectivity index (χ2n) is 2.17. The summed E-state index contributed by atoms with van der Waals surface area (Å²) < 4.78 is 0. The van der Waals surface area contributed by atoms with E-state index in [1.54, 1.807) is 12.3 Å². The second kappa shape index (κ2) is 4.35. The largest absolute Gasteiger partial charge is 0.384 e. The summed E-state index contributed by atoms with van der Waals surface area (Å²) in [4.78, 5) is 11.8. The number of anilines is 1. The Kier molecular flexibility index (Phi) is 3.14. The first-order valence-corrected chi connectivity index (χ1v) is 4.18. The maximum Gasteiger partial charge on any atom is 0.164 e. The highest BCUT2D eigenvalue weighted by molar-refractivity contribution is 5.74. The van der Waals surface area contributed by atoms with Crippen LogP contribution in [0.1, 0.15) is 13.8 Å². The number of nitrogens with zero attached hydrogens (tertiary/aromatic N) is 3. The molecule has 68 valence electrons. The normalized spacial score (nSPS) is 9.08. The summed E-state index contributed by atoms with van der Waals surface area (Å²) in [5, 5.41) is 0.904. The minimum absolute atomic E-state index is 0.483. The van der Waals surface area contributed by atoms with E-state index in [2.05, 4.69) is 15.0 Å². The summed E-state index contributed by atoms with van der Waals surface area (Å²) in [5.41, 5.74) is 6.09. The van der Waals surface area contributed by atoms with Crippen LogP contribution in [0.5, 0.6) is 0 Å². The molecule has 0 aliphatic carbocycles. The van der Waals surface area contributed by atoms with E-state index >= 15 is 0 Å². The molecular formula is C9H12N4. The van der Waals surface area contributed by atoms with Crippen LogP contribution < -0.4 is 5.73 Å². The molecule has 2 aromatic heterocycles. The van der Waals surface area contributed by atoms with Crippen LogP contribution in [0.15, 0.2) is 24.7 Å². The van der Waals surface area contributed by atoms with Gasteiger partial charge < -0.3 is 5.73 Å². The standard InChI is InChI=1S/C7H6N4.C2H6/c8-6-2-1-5-3-9-4-10-7(5)11-6;1-2/h1-4H,(H2,8,9,10,11);1-2H3.